The van der Waals surface area contributed by atoms with Gasteiger partial charge >= 0.3 is 0 Å². The molecule has 1 atom stereocenters. The van der Waals surface area contributed by atoms with Crippen LogP contribution in [0.5, 0.6) is 0 Å². The zero-order valence-corrected chi connectivity index (χ0v) is 9.49. The van der Waals surface area contributed by atoms with Crippen LogP contribution in [0.3, 0.4) is 0 Å². The Hall–Kier alpha value is -0.900. The zero-order chi connectivity index (χ0) is 11.1. The third-order valence-corrected chi connectivity index (χ3v) is 2.52. The van der Waals surface area contributed by atoms with Crippen LogP contribution in [0.4, 0.5) is 0 Å². The number of hydrogen-bond acceptors (Lipinski definition) is 3. The zero-order valence-electron chi connectivity index (χ0n) is 9.49. The highest BCUT2D eigenvalue weighted by molar-refractivity contribution is 5.23. The van der Waals surface area contributed by atoms with Crippen LogP contribution in [-0.2, 0) is 17.6 Å². The van der Waals surface area contributed by atoms with E-state index >= 15 is 0 Å². The van der Waals surface area contributed by atoms with E-state index in [1.807, 2.05) is 0 Å². The minimum atomic E-state index is 0.183. The van der Waals surface area contributed by atoms with Crippen LogP contribution in [0.1, 0.15) is 18.1 Å². The molecule has 0 saturated heterocycles. The van der Waals surface area contributed by atoms with E-state index in [1.165, 1.54) is 11.1 Å². The lowest BCUT2D eigenvalue weighted by Crippen LogP contribution is -2.40. The second-order valence-electron chi connectivity index (χ2n) is 3.69. The summed E-state index contributed by atoms with van der Waals surface area (Å²) in [4.78, 5) is 0. The molecule has 3 N–H and O–H groups in total. The second kappa shape index (κ2) is 6.56. The van der Waals surface area contributed by atoms with E-state index in [-0.39, 0.29) is 6.04 Å². The van der Waals surface area contributed by atoms with Crippen LogP contribution in [0.25, 0.3) is 0 Å². The fourth-order valence-electron chi connectivity index (χ4n) is 1.56. The minimum Gasteiger partial charge on any atom is -0.383 e. The van der Waals surface area contributed by atoms with Gasteiger partial charge in [-0.05, 0) is 24.0 Å². The quantitative estimate of drug-likeness (QED) is 0.546. The number of ether oxygens (including phenoxy) is 1. The summed E-state index contributed by atoms with van der Waals surface area (Å²) in [6.45, 7) is 2.79. The van der Waals surface area contributed by atoms with Crippen LogP contribution in [0.15, 0.2) is 24.3 Å². The number of nitrogens with two attached hydrogens (primary N) is 1. The third-order valence-electron chi connectivity index (χ3n) is 2.52. The maximum absolute atomic E-state index is 5.43. The molecule has 3 heteroatoms. The molecule has 0 aliphatic carbocycles. The lowest BCUT2D eigenvalue weighted by molar-refractivity contribution is 0.166. The van der Waals surface area contributed by atoms with Gasteiger partial charge < -0.3 is 4.74 Å². The molecule has 0 radical (unpaired) electrons. The van der Waals surface area contributed by atoms with Crippen molar-refractivity contribution in [2.75, 3.05) is 13.7 Å². The van der Waals surface area contributed by atoms with Crippen LogP contribution in [0, 0.1) is 0 Å². The maximum Gasteiger partial charge on any atom is 0.0632 e. The van der Waals surface area contributed by atoms with Gasteiger partial charge in [0.25, 0.3) is 0 Å². The van der Waals surface area contributed by atoms with E-state index in [2.05, 4.69) is 36.6 Å². The number of methoxy groups -OCH3 is 1. The van der Waals surface area contributed by atoms with Crippen molar-refractivity contribution in [1.29, 1.82) is 0 Å². The molecule has 0 aliphatic heterocycles. The Labute approximate surface area is 91.6 Å². The van der Waals surface area contributed by atoms with Gasteiger partial charge in [-0.1, -0.05) is 31.2 Å². The van der Waals surface area contributed by atoms with Crippen molar-refractivity contribution in [3.63, 3.8) is 0 Å². The van der Waals surface area contributed by atoms with Crippen molar-refractivity contribution in [1.82, 2.24) is 5.43 Å². The van der Waals surface area contributed by atoms with Crippen LogP contribution in [-0.4, -0.2) is 19.8 Å². The monoisotopic (exact) mass is 208 g/mol. The number of benzene rings is 1. The molecule has 0 fully saturated rings. The Bertz CT molecular complexity index is 271. The van der Waals surface area contributed by atoms with Crippen molar-refractivity contribution in [2.45, 2.75) is 25.8 Å². The van der Waals surface area contributed by atoms with Crippen LogP contribution < -0.4 is 11.3 Å². The van der Waals surface area contributed by atoms with Crippen LogP contribution >= 0.6 is 0 Å². The molecule has 84 valence electrons. The topological polar surface area (TPSA) is 47.3 Å². The summed E-state index contributed by atoms with van der Waals surface area (Å²) in [5.74, 6) is 5.43. The van der Waals surface area contributed by atoms with Crippen molar-refractivity contribution >= 4 is 0 Å². The maximum atomic E-state index is 5.43. The van der Waals surface area contributed by atoms with Gasteiger partial charge in [0.15, 0.2) is 0 Å². The molecule has 0 saturated carbocycles. The first-order chi connectivity index (χ1) is 7.30. The van der Waals surface area contributed by atoms with Crippen molar-refractivity contribution in [2.24, 2.45) is 5.84 Å². The summed E-state index contributed by atoms with van der Waals surface area (Å²) in [6, 6.07) is 8.81. The van der Waals surface area contributed by atoms with Gasteiger partial charge in [-0.25, -0.2) is 0 Å². The number of aryl methyl sites for hydroxylation is 1. The molecule has 0 bridgehead atoms. The Morgan fingerprint density at radius 1 is 1.27 bits per heavy atom. The summed E-state index contributed by atoms with van der Waals surface area (Å²) in [7, 11) is 1.69. The summed E-state index contributed by atoms with van der Waals surface area (Å²) < 4.78 is 5.07. The second-order valence-corrected chi connectivity index (χ2v) is 3.69. The Morgan fingerprint density at radius 2 is 1.87 bits per heavy atom. The van der Waals surface area contributed by atoms with Gasteiger partial charge in [-0.2, -0.15) is 0 Å². The molecule has 0 aliphatic rings. The standard InChI is InChI=1S/C12H20N2O/c1-3-10-4-6-11(7-5-10)8-12(14-13)9-15-2/h4-7,12,14H,3,8-9,13H2,1-2H3. The molecule has 1 rings (SSSR count). The fourth-order valence-corrected chi connectivity index (χ4v) is 1.56. The van der Waals surface area contributed by atoms with E-state index in [1.54, 1.807) is 7.11 Å². The first-order valence-corrected chi connectivity index (χ1v) is 5.33. The number of hydrazine groups is 1. The average Bonchev–Trinajstić information content (AvgIpc) is 2.29. The van der Waals surface area contributed by atoms with E-state index in [9.17, 15) is 0 Å². The lowest BCUT2D eigenvalue weighted by atomic mass is 10.0. The summed E-state index contributed by atoms with van der Waals surface area (Å²) in [5, 5.41) is 0. The van der Waals surface area contributed by atoms with E-state index < -0.39 is 0 Å². The Kier molecular flexibility index (Phi) is 5.32. The van der Waals surface area contributed by atoms with Crippen LogP contribution in [0.2, 0.25) is 0 Å². The van der Waals surface area contributed by atoms with E-state index in [4.69, 9.17) is 10.6 Å². The third kappa shape index (κ3) is 4.00. The first-order valence-electron chi connectivity index (χ1n) is 5.33. The fraction of sp³-hybridized carbons (Fsp3) is 0.500. The summed E-state index contributed by atoms with van der Waals surface area (Å²) in [6.07, 6.45) is 1.98. The average molecular weight is 208 g/mol. The Balaban J connectivity index is 2.55. The van der Waals surface area contributed by atoms with E-state index in [0.29, 0.717) is 6.61 Å². The molecule has 1 aromatic rings. The van der Waals surface area contributed by atoms with E-state index in [0.717, 1.165) is 12.8 Å². The lowest BCUT2D eigenvalue weighted by Gasteiger charge is -2.14. The molecule has 0 spiro atoms. The SMILES string of the molecule is CCc1ccc(CC(COC)NN)cc1. The van der Waals surface area contributed by atoms with Gasteiger partial charge in [-0.15, -0.1) is 0 Å². The number of rotatable bonds is 6. The molecule has 1 aromatic carbocycles. The van der Waals surface area contributed by atoms with Gasteiger partial charge in [-0.3, -0.25) is 11.3 Å². The highest BCUT2D eigenvalue weighted by Gasteiger charge is 2.06. The first kappa shape index (κ1) is 12.2. The molecule has 1 unspecified atom stereocenters. The summed E-state index contributed by atoms with van der Waals surface area (Å²) in [5.41, 5.74) is 5.40. The molecule has 0 amide bonds. The van der Waals surface area contributed by atoms with Crippen molar-refractivity contribution in [3.8, 4) is 0 Å². The largest absolute Gasteiger partial charge is 0.383 e. The van der Waals surface area contributed by atoms with Gasteiger partial charge in [0, 0.05) is 13.2 Å². The van der Waals surface area contributed by atoms with Crippen molar-refractivity contribution in [3.05, 3.63) is 35.4 Å². The number of nitrogens with one attached hydrogen (secondary N) is 1. The summed E-state index contributed by atoms with van der Waals surface area (Å²) >= 11 is 0. The van der Waals surface area contributed by atoms with Gasteiger partial charge in [0.1, 0.15) is 0 Å². The molecular formula is C12H20N2O. The van der Waals surface area contributed by atoms with Gasteiger partial charge in [0.2, 0.25) is 0 Å². The highest BCUT2D eigenvalue weighted by Crippen LogP contribution is 2.07. The van der Waals surface area contributed by atoms with Crippen molar-refractivity contribution < 1.29 is 4.74 Å². The number of hydrogen-bond donors (Lipinski definition) is 2. The highest BCUT2D eigenvalue weighted by atomic mass is 16.5. The molecule has 15 heavy (non-hydrogen) atoms. The molecule has 0 aromatic heterocycles. The normalized spacial score (nSPS) is 12.7. The van der Waals surface area contributed by atoms with Gasteiger partial charge in [0.05, 0.1) is 6.61 Å². The predicted octanol–water partition coefficient (Wildman–Crippen LogP) is 1.27. The Morgan fingerprint density at radius 3 is 2.33 bits per heavy atom. The predicted molar refractivity (Wildman–Crippen MR) is 62.5 cm³/mol. The smallest absolute Gasteiger partial charge is 0.0632 e. The molecular weight excluding hydrogens is 188 g/mol. The molecule has 0 heterocycles. The minimum absolute atomic E-state index is 0.183. The molecule has 3 nitrogen and oxygen atoms in total.